The zero-order valence-electron chi connectivity index (χ0n) is 16.9. The van der Waals surface area contributed by atoms with Crippen LogP contribution in [0.5, 0.6) is 17.2 Å². The molecule has 0 bridgehead atoms. The van der Waals surface area contributed by atoms with Gasteiger partial charge in [-0.1, -0.05) is 12.1 Å². The first-order valence-electron chi connectivity index (χ1n) is 9.11. The van der Waals surface area contributed by atoms with Gasteiger partial charge in [-0.3, -0.25) is 9.59 Å². The number of ether oxygens (including phenoxy) is 3. The minimum absolute atomic E-state index is 0.0201. The molecule has 0 spiro atoms. The van der Waals surface area contributed by atoms with E-state index in [1.807, 2.05) is 0 Å². The third-order valence-corrected chi connectivity index (χ3v) is 4.97. The van der Waals surface area contributed by atoms with Crippen LogP contribution in [0.25, 0.3) is 11.0 Å². The number of hydrogen-bond acceptors (Lipinski definition) is 8. The highest BCUT2D eigenvalue weighted by molar-refractivity contribution is 6.10. The molecule has 0 radical (unpaired) electrons. The summed E-state index contributed by atoms with van der Waals surface area (Å²) >= 11 is 0. The Bertz CT molecular complexity index is 1200. The molecule has 1 N–H and O–H groups in total. The van der Waals surface area contributed by atoms with Gasteiger partial charge in [0.25, 0.3) is 22.6 Å². The Morgan fingerprint density at radius 1 is 1.00 bits per heavy atom. The molecule has 31 heavy (non-hydrogen) atoms. The van der Waals surface area contributed by atoms with Gasteiger partial charge in [0.15, 0.2) is 11.5 Å². The van der Waals surface area contributed by atoms with Crippen molar-refractivity contribution < 1.29 is 33.3 Å². The number of rotatable bonds is 4. The second-order valence-corrected chi connectivity index (χ2v) is 6.57. The number of nitrogens with zero attached hydrogens (tertiary/aromatic N) is 3. The van der Waals surface area contributed by atoms with Gasteiger partial charge in [0.1, 0.15) is 6.54 Å². The molecule has 2 amide bonds. The van der Waals surface area contributed by atoms with Gasteiger partial charge in [0.05, 0.1) is 21.3 Å². The second-order valence-electron chi connectivity index (χ2n) is 6.57. The monoisotopic (exact) mass is 426 g/mol. The second kappa shape index (κ2) is 7.61. The first kappa shape index (κ1) is 20.2. The van der Waals surface area contributed by atoms with E-state index in [-0.39, 0.29) is 46.1 Å². The lowest BCUT2D eigenvalue weighted by Gasteiger charge is -2.25. The van der Waals surface area contributed by atoms with Crippen molar-refractivity contribution in [3.05, 3.63) is 63.8 Å². The lowest BCUT2D eigenvalue weighted by atomic mass is 10.1. The summed E-state index contributed by atoms with van der Waals surface area (Å²) in [4.78, 5) is 26.2. The summed E-state index contributed by atoms with van der Waals surface area (Å²) in [5.41, 5.74) is 2.30. The van der Waals surface area contributed by atoms with Crippen molar-refractivity contribution in [1.82, 2.24) is 10.4 Å². The van der Waals surface area contributed by atoms with Crippen LogP contribution < -0.4 is 29.1 Å². The Morgan fingerprint density at radius 3 is 2.13 bits per heavy atom. The quantitative estimate of drug-likeness (QED) is 0.361. The van der Waals surface area contributed by atoms with E-state index in [0.717, 1.165) is 0 Å². The number of aromatic nitrogens is 2. The molecule has 0 atom stereocenters. The van der Waals surface area contributed by atoms with Crippen molar-refractivity contribution in [3.63, 3.8) is 0 Å². The summed E-state index contributed by atoms with van der Waals surface area (Å²) in [5.74, 6) is -0.998. The normalized spacial score (nSPS) is 13.1. The summed E-state index contributed by atoms with van der Waals surface area (Å²) in [6, 6.07) is 8.86. The van der Waals surface area contributed by atoms with Crippen molar-refractivity contribution in [3.8, 4) is 17.2 Å². The van der Waals surface area contributed by atoms with Gasteiger partial charge in [-0.2, -0.15) is 9.74 Å². The summed E-state index contributed by atoms with van der Waals surface area (Å²) in [6.07, 6.45) is 0. The van der Waals surface area contributed by atoms with E-state index in [1.165, 1.54) is 45.6 Å². The number of nitrogens with one attached hydrogen (secondary N) is 1. The Morgan fingerprint density at radius 2 is 1.58 bits per heavy atom. The van der Waals surface area contributed by atoms with Crippen LogP contribution in [-0.4, -0.2) is 38.2 Å². The summed E-state index contributed by atoms with van der Waals surface area (Å²) < 4.78 is 16.6. The standard InChI is InChI=1S/C20H18N4O7/c1-29-15-8-11(9-16(30-2)18(15)31-3)19(25)22-20(26)17-14(10-21-22)23(27)12-6-4-5-7-13(12)24(17)28/h4-9,21H,10H2,1-3H3. The zero-order chi connectivity index (χ0) is 22.3. The minimum atomic E-state index is -0.953. The molecule has 2 heterocycles. The van der Waals surface area contributed by atoms with Crippen molar-refractivity contribution in [2.45, 2.75) is 6.54 Å². The van der Waals surface area contributed by atoms with E-state index < -0.39 is 17.5 Å². The summed E-state index contributed by atoms with van der Waals surface area (Å²) in [6.45, 7) is -0.201. The van der Waals surface area contributed by atoms with E-state index in [4.69, 9.17) is 14.2 Å². The van der Waals surface area contributed by atoms with Crippen molar-refractivity contribution in [2.24, 2.45) is 0 Å². The fourth-order valence-corrected chi connectivity index (χ4v) is 3.48. The lowest BCUT2D eigenvalue weighted by molar-refractivity contribution is -0.637. The third kappa shape index (κ3) is 3.02. The van der Waals surface area contributed by atoms with Gasteiger partial charge >= 0.3 is 11.6 Å². The number of benzene rings is 2. The molecule has 1 aromatic heterocycles. The molecule has 1 aliphatic rings. The molecule has 2 aromatic carbocycles. The highest BCUT2D eigenvalue weighted by Crippen LogP contribution is 2.38. The molecule has 0 unspecified atom stereocenters. The van der Waals surface area contributed by atoms with Crippen LogP contribution in [0.2, 0.25) is 0 Å². The zero-order valence-corrected chi connectivity index (χ0v) is 16.9. The number of methoxy groups -OCH3 is 3. The molecule has 0 saturated carbocycles. The number of carbonyl (C=O) groups excluding carboxylic acids is 2. The molecule has 1 aliphatic heterocycles. The van der Waals surface area contributed by atoms with Crippen LogP contribution in [0.4, 0.5) is 0 Å². The van der Waals surface area contributed by atoms with Crippen LogP contribution in [0.15, 0.2) is 36.4 Å². The van der Waals surface area contributed by atoms with Gasteiger partial charge in [0, 0.05) is 17.7 Å². The van der Waals surface area contributed by atoms with E-state index in [9.17, 15) is 20.0 Å². The maximum Gasteiger partial charge on any atom is 0.354 e. The number of hydrazine groups is 1. The number of hydrogen-bond donors (Lipinski definition) is 1. The van der Waals surface area contributed by atoms with Crippen molar-refractivity contribution >= 4 is 22.8 Å². The highest BCUT2D eigenvalue weighted by atomic mass is 16.5. The average Bonchev–Trinajstić information content (AvgIpc) is 2.80. The Balaban J connectivity index is 1.79. The number of fused-ring (bicyclic) bond motifs is 2. The van der Waals surface area contributed by atoms with E-state index in [0.29, 0.717) is 14.5 Å². The highest BCUT2D eigenvalue weighted by Gasteiger charge is 2.43. The minimum Gasteiger partial charge on any atom is -0.618 e. The summed E-state index contributed by atoms with van der Waals surface area (Å²) in [7, 11) is 4.21. The first-order chi connectivity index (χ1) is 14.9. The maximum absolute atomic E-state index is 13.1. The van der Waals surface area contributed by atoms with Gasteiger partial charge in [-0.05, 0) is 12.1 Å². The number of para-hydroxylation sites is 2. The van der Waals surface area contributed by atoms with E-state index >= 15 is 0 Å². The molecule has 4 rings (SSSR count). The fourth-order valence-electron chi connectivity index (χ4n) is 3.48. The third-order valence-electron chi connectivity index (χ3n) is 4.97. The van der Waals surface area contributed by atoms with Crippen molar-refractivity contribution in [2.75, 3.05) is 21.3 Å². The topological polar surface area (TPSA) is 131 Å². The lowest BCUT2D eigenvalue weighted by Crippen LogP contribution is -2.59. The molecule has 0 saturated heterocycles. The summed E-state index contributed by atoms with van der Waals surface area (Å²) in [5, 5.41) is 26.2. The number of amides is 2. The predicted molar refractivity (Wildman–Crippen MR) is 105 cm³/mol. The Labute approximate surface area is 176 Å². The number of carbonyl (C=O) groups is 2. The van der Waals surface area contributed by atoms with Crippen molar-refractivity contribution in [1.29, 1.82) is 0 Å². The van der Waals surface area contributed by atoms with E-state index in [1.54, 1.807) is 12.1 Å². The maximum atomic E-state index is 13.1. The van der Waals surface area contributed by atoms with Gasteiger partial charge in [-0.15, -0.1) is 4.73 Å². The fraction of sp³-hybridized carbons (Fsp3) is 0.200. The van der Waals surface area contributed by atoms with Gasteiger partial charge < -0.3 is 24.6 Å². The molecule has 0 aliphatic carbocycles. The smallest absolute Gasteiger partial charge is 0.354 e. The van der Waals surface area contributed by atoms with Gasteiger partial charge in [-0.25, -0.2) is 5.43 Å². The van der Waals surface area contributed by atoms with Crippen LogP contribution in [-0.2, 0) is 6.54 Å². The van der Waals surface area contributed by atoms with Crippen LogP contribution >= 0.6 is 0 Å². The SMILES string of the molecule is COc1cc(C(=O)N2NCc3c([n+]([O-])c4ccccc4[n+]3[O-])C2=O)cc(OC)c1OC. The van der Waals surface area contributed by atoms with Crippen LogP contribution in [0.3, 0.4) is 0 Å². The van der Waals surface area contributed by atoms with Crippen LogP contribution in [0.1, 0.15) is 26.5 Å². The average molecular weight is 426 g/mol. The molecular formula is C20H18N4O7. The largest absolute Gasteiger partial charge is 0.618 e. The molecule has 0 fully saturated rings. The first-order valence-corrected chi connectivity index (χ1v) is 9.11. The van der Waals surface area contributed by atoms with Crippen LogP contribution in [0, 0.1) is 10.4 Å². The molecule has 3 aromatic rings. The number of imide groups is 1. The molecule has 160 valence electrons. The predicted octanol–water partition coefficient (Wildman–Crippen LogP) is 0.433. The van der Waals surface area contributed by atoms with E-state index in [2.05, 4.69) is 5.43 Å². The van der Waals surface area contributed by atoms with Gasteiger partial charge in [0.2, 0.25) is 5.75 Å². The Kier molecular flexibility index (Phi) is 4.95. The Hall–Kier alpha value is -4.12. The molecule has 11 heteroatoms. The molecular weight excluding hydrogens is 408 g/mol. The molecule has 11 nitrogen and oxygen atoms in total.